The maximum Gasteiger partial charge on any atom is 0.103 e. The van der Waals surface area contributed by atoms with E-state index in [4.69, 9.17) is 16.9 Å². The molecule has 0 aliphatic carbocycles. The minimum atomic E-state index is -0.306. The first-order valence-corrected chi connectivity index (χ1v) is 5.72. The summed E-state index contributed by atoms with van der Waals surface area (Å²) in [6, 6.07) is 7.54. The summed E-state index contributed by atoms with van der Waals surface area (Å²) in [5.74, 6) is 0. The maximum absolute atomic E-state index is 9.62. The molecule has 1 aromatic carbocycles. The highest BCUT2D eigenvalue weighted by Gasteiger charge is 2.20. The molecule has 0 radical (unpaired) electrons. The Hall–Kier alpha value is -1.24. The Morgan fingerprint density at radius 2 is 2.31 bits per heavy atom. The number of rotatable bonds is 1. The average Bonchev–Trinajstić information content (AvgIpc) is 2.28. The van der Waals surface area contributed by atoms with Gasteiger partial charge in [0.15, 0.2) is 0 Å². The molecule has 0 spiro atoms. The van der Waals surface area contributed by atoms with Crippen molar-refractivity contribution in [3.63, 3.8) is 0 Å². The zero-order chi connectivity index (χ0) is 11.5. The minimum Gasteiger partial charge on any atom is -0.391 e. The van der Waals surface area contributed by atoms with Crippen molar-refractivity contribution in [2.75, 3.05) is 18.0 Å². The lowest BCUT2D eigenvalue weighted by Gasteiger charge is -2.32. The molecule has 2 rings (SSSR count). The molecular formula is C12H13ClN2O. The molecule has 1 aromatic rings. The zero-order valence-electron chi connectivity index (χ0n) is 8.86. The molecule has 84 valence electrons. The highest BCUT2D eigenvalue weighted by atomic mass is 35.5. The van der Waals surface area contributed by atoms with Crippen molar-refractivity contribution in [3.05, 3.63) is 28.8 Å². The van der Waals surface area contributed by atoms with Gasteiger partial charge in [-0.2, -0.15) is 5.26 Å². The monoisotopic (exact) mass is 236 g/mol. The van der Waals surface area contributed by atoms with Crippen LogP contribution in [0.15, 0.2) is 18.2 Å². The van der Waals surface area contributed by atoms with E-state index in [0.717, 1.165) is 25.1 Å². The molecular weight excluding hydrogens is 224 g/mol. The first-order chi connectivity index (χ1) is 7.72. The number of benzene rings is 1. The molecule has 0 bridgehead atoms. The SMILES string of the molecule is N#Cc1c(Cl)cccc1N1CCCC(O)C1. The number of β-amino-alcohol motifs (C(OH)–C–C–N with tert-alkyl or cyclic N) is 1. The third-order valence-corrected chi connectivity index (χ3v) is 3.16. The second-order valence-electron chi connectivity index (χ2n) is 3.99. The van der Waals surface area contributed by atoms with Crippen molar-refractivity contribution >= 4 is 17.3 Å². The smallest absolute Gasteiger partial charge is 0.103 e. The lowest BCUT2D eigenvalue weighted by atomic mass is 10.1. The third-order valence-electron chi connectivity index (χ3n) is 2.84. The van der Waals surface area contributed by atoms with Gasteiger partial charge in [0, 0.05) is 13.1 Å². The van der Waals surface area contributed by atoms with E-state index < -0.39 is 0 Å². The molecule has 1 aliphatic heterocycles. The summed E-state index contributed by atoms with van der Waals surface area (Å²) in [6.45, 7) is 1.45. The minimum absolute atomic E-state index is 0.306. The van der Waals surface area contributed by atoms with E-state index in [1.807, 2.05) is 17.0 Å². The first-order valence-electron chi connectivity index (χ1n) is 5.34. The highest BCUT2D eigenvalue weighted by molar-refractivity contribution is 6.32. The number of anilines is 1. The van der Waals surface area contributed by atoms with Crippen LogP contribution in [0.4, 0.5) is 5.69 Å². The van der Waals surface area contributed by atoms with Crippen LogP contribution in [0.5, 0.6) is 0 Å². The number of aliphatic hydroxyl groups is 1. The molecule has 4 heteroatoms. The molecule has 0 saturated carbocycles. The highest BCUT2D eigenvalue weighted by Crippen LogP contribution is 2.28. The Morgan fingerprint density at radius 1 is 1.50 bits per heavy atom. The van der Waals surface area contributed by atoms with Crippen LogP contribution >= 0.6 is 11.6 Å². The van der Waals surface area contributed by atoms with E-state index in [1.54, 1.807) is 6.07 Å². The third kappa shape index (κ3) is 2.13. The number of hydrogen-bond acceptors (Lipinski definition) is 3. The van der Waals surface area contributed by atoms with E-state index in [0.29, 0.717) is 17.1 Å². The number of nitriles is 1. The second kappa shape index (κ2) is 4.73. The Balaban J connectivity index is 2.33. The van der Waals surface area contributed by atoms with Gasteiger partial charge in [-0.3, -0.25) is 0 Å². The van der Waals surface area contributed by atoms with Crippen molar-refractivity contribution in [1.29, 1.82) is 5.26 Å². The zero-order valence-corrected chi connectivity index (χ0v) is 9.61. The molecule has 0 amide bonds. The molecule has 1 unspecified atom stereocenters. The van der Waals surface area contributed by atoms with Crippen LogP contribution in [0.3, 0.4) is 0 Å². The molecule has 1 heterocycles. The van der Waals surface area contributed by atoms with Crippen LogP contribution in [0.2, 0.25) is 5.02 Å². The van der Waals surface area contributed by atoms with Gasteiger partial charge in [-0.05, 0) is 25.0 Å². The van der Waals surface area contributed by atoms with Gasteiger partial charge in [0.05, 0.1) is 22.4 Å². The normalized spacial score (nSPS) is 20.6. The summed E-state index contributed by atoms with van der Waals surface area (Å²) in [4.78, 5) is 2.03. The molecule has 1 fully saturated rings. The summed E-state index contributed by atoms with van der Waals surface area (Å²) < 4.78 is 0. The average molecular weight is 237 g/mol. The lowest BCUT2D eigenvalue weighted by molar-refractivity contribution is 0.154. The number of halogens is 1. The van der Waals surface area contributed by atoms with Gasteiger partial charge in [-0.25, -0.2) is 0 Å². The molecule has 0 aromatic heterocycles. The van der Waals surface area contributed by atoms with Crippen LogP contribution in [-0.4, -0.2) is 24.3 Å². The molecule has 1 atom stereocenters. The predicted molar refractivity (Wildman–Crippen MR) is 63.6 cm³/mol. The fraction of sp³-hybridized carbons (Fsp3) is 0.417. The van der Waals surface area contributed by atoms with E-state index in [1.165, 1.54) is 0 Å². The number of aliphatic hydroxyl groups excluding tert-OH is 1. The van der Waals surface area contributed by atoms with Gasteiger partial charge < -0.3 is 10.0 Å². The second-order valence-corrected chi connectivity index (χ2v) is 4.40. The summed E-state index contributed by atoms with van der Waals surface area (Å²) >= 11 is 5.97. The van der Waals surface area contributed by atoms with E-state index in [9.17, 15) is 5.11 Å². The number of nitrogens with zero attached hydrogens (tertiary/aromatic N) is 2. The molecule has 3 nitrogen and oxygen atoms in total. The largest absolute Gasteiger partial charge is 0.391 e. The van der Waals surface area contributed by atoms with Gasteiger partial charge in [-0.15, -0.1) is 0 Å². The summed E-state index contributed by atoms with van der Waals surface area (Å²) in [5, 5.41) is 19.2. The van der Waals surface area contributed by atoms with Crippen molar-refractivity contribution in [2.45, 2.75) is 18.9 Å². The molecule has 1 saturated heterocycles. The van der Waals surface area contributed by atoms with E-state index in [2.05, 4.69) is 6.07 Å². The van der Waals surface area contributed by atoms with Crippen LogP contribution < -0.4 is 4.90 Å². The number of hydrogen-bond donors (Lipinski definition) is 1. The van der Waals surface area contributed by atoms with E-state index in [-0.39, 0.29) is 6.10 Å². The maximum atomic E-state index is 9.62. The molecule has 1 N–H and O–H groups in total. The first kappa shape index (κ1) is 11.3. The van der Waals surface area contributed by atoms with Crippen LogP contribution in [-0.2, 0) is 0 Å². The summed E-state index contributed by atoms with van der Waals surface area (Å²) in [5.41, 5.74) is 1.33. The topological polar surface area (TPSA) is 47.3 Å². The summed E-state index contributed by atoms with van der Waals surface area (Å²) in [7, 11) is 0. The Morgan fingerprint density at radius 3 is 3.00 bits per heavy atom. The van der Waals surface area contributed by atoms with Crippen LogP contribution in [0.25, 0.3) is 0 Å². The lowest BCUT2D eigenvalue weighted by Crippen LogP contribution is -2.38. The fourth-order valence-corrected chi connectivity index (χ4v) is 2.27. The van der Waals surface area contributed by atoms with Gasteiger partial charge >= 0.3 is 0 Å². The van der Waals surface area contributed by atoms with Gasteiger partial charge in [-0.1, -0.05) is 17.7 Å². The van der Waals surface area contributed by atoms with Gasteiger partial charge in [0.2, 0.25) is 0 Å². The van der Waals surface area contributed by atoms with Crippen LogP contribution in [0.1, 0.15) is 18.4 Å². The van der Waals surface area contributed by atoms with Crippen molar-refractivity contribution in [3.8, 4) is 6.07 Å². The van der Waals surface area contributed by atoms with E-state index >= 15 is 0 Å². The molecule has 1 aliphatic rings. The van der Waals surface area contributed by atoms with Gasteiger partial charge in [0.25, 0.3) is 0 Å². The van der Waals surface area contributed by atoms with Crippen molar-refractivity contribution < 1.29 is 5.11 Å². The Labute approximate surface area is 99.9 Å². The molecule has 16 heavy (non-hydrogen) atoms. The van der Waals surface area contributed by atoms with Crippen LogP contribution in [0, 0.1) is 11.3 Å². The fourth-order valence-electron chi connectivity index (χ4n) is 2.06. The van der Waals surface area contributed by atoms with Gasteiger partial charge in [0.1, 0.15) is 6.07 Å². The summed E-state index contributed by atoms with van der Waals surface area (Å²) in [6.07, 6.45) is 1.47. The Kier molecular flexibility index (Phi) is 3.33. The Bertz CT molecular complexity index is 428. The van der Waals surface area contributed by atoms with Crippen molar-refractivity contribution in [1.82, 2.24) is 0 Å². The number of piperidine rings is 1. The predicted octanol–water partition coefficient (Wildman–Crippen LogP) is 2.17. The van der Waals surface area contributed by atoms with Crippen molar-refractivity contribution in [2.24, 2.45) is 0 Å². The quantitative estimate of drug-likeness (QED) is 0.813. The standard InChI is InChI=1S/C12H13ClN2O/c13-11-4-1-5-12(10(11)7-14)15-6-2-3-9(16)8-15/h1,4-5,9,16H,2-3,6,8H2.